The molecule has 36 heavy (non-hydrogen) atoms. The molecule has 0 radical (unpaired) electrons. The van der Waals surface area contributed by atoms with Crippen LogP contribution in [0.2, 0.25) is 0 Å². The lowest BCUT2D eigenvalue weighted by Crippen LogP contribution is -2.59. The van der Waals surface area contributed by atoms with E-state index in [2.05, 4.69) is 38.5 Å². The first-order valence-corrected chi connectivity index (χ1v) is 12.0. The van der Waals surface area contributed by atoms with E-state index in [1.807, 2.05) is 6.92 Å². The molecule has 4 rings (SSSR count). The zero-order valence-corrected chi connectivity index (χ0v) is 20.8. The quantitative estimate of drug-likeness (QED) is 0.445. The third kappa shape index (κ3) is 4.67. The van der Waals surface area contributed by atoms with E-state index >= 15 is 0 Å². The Hall–Kier alpha value is -3.45. The number of anilines is 1. The Bertz CT molecular complexity index is 1350. The smallest absolute Gasteiger partial charge is 0.361 e. The van der Waals surface area contributed by atoms with Crippen molar-refractivity contribution < 1.29 is 13.2 Å². The van der Waals surface area contributed by atoms with E-state index in [9.17, 15) is 18.0 Å². The summed E-state index contributed by atoms with van der Waals surface area (Å²) < 4.78 is 40.5. The van der Waals surface area contributed by atoms with Gasteiger partial charge < -0.3 is 9.74 Å². The van der Waals surface area contributed by atoms with E-state index in [4.69, 9.17) is 6.57 Å². The van der Waals surface area contributed by atoms with Gasteiger partial charge in [0.15, 0.2) is 5.82 Å². The molecule has 1 fully saturated rings. The van der Waals surface area contributed by atoms with Crippen LogP contribution in [-0.2, 0) is 13.2 Å². The predicted molar refractivity (Wildman–Crippen MR) is 133 cm³/mol. The maximum atomic E-state index is 13.0. The third-order valence-corrected chi connectivity index (χ3v) is 7.21. The highest BCUT2D eigenvalue weighted by molar-refractivity contribution is 5.87. The van der Waals surface area contributed by atoms with Crippen molar-refractivity contribution in [2.75, 3.05) is 18.0 Å². The molecular weight excluding hydrogens is 469 g/mol. The number of aryl methyl sites for hydroxylation is 1. The topological polar surface area (TPSA) is 58.6 Å². The van der Waals surface area contributed by atoms with E-state index in [1.54, 1.807) is 31.3 Å². The second-order valence-corrected chi connectivity index (χ2v) is 9.20. The molecule has 1 aliphatic heterocycles. The van der Waals surface area contributed by atoms with Gasteiger partial charge in [-0.05, 0) is 49.6 Å². The average molecular weight is 499 g/mol. The fourth-order valence-electron chi connectivity index (χ4n) is 5.02. The molecule has 0 bridgehead atoms. The number of benzene rings is 1. The van der Waals surface area contributed by atoms with Gasteiger partial charge in [-0.3, -0.25) is 9.47 Å². The highest BCUT2D eigenvalue weighted by atomic mass is 19.4. The van der Waals surface area contributed by atoms with Gasteiger partial charge in [-0.25, -0.2) is 4.79 Å². The highest BCUT2D eigenvalue weighted by Crippen LogP contribution is 2.35. The molecule has 2 aromatic heterocycles. The van der Waals surface area contributed by atoms with E-state index in [-0.39, 0.29) is 23.9 Å². The van der Waals surface area contributed by atoms with Crippen molar-refractivity contribution in [3.63, 3.8) is 0 Å². The second-order valence-electron chi connectivity index (χ2n) is 9.20. The number of halogens is 3. The molecule has 1 unspecified atom stereocenters. The number of rotatable bonds is 5. The monoisotopic (exact) mass is 498 g/mol. The maximum Gasteiger partial charge on any atom is 0.416 e. The minimum atomic E-state index is -4.36. The van der Waals surface area contributed by atoms with Gasteiger partial charge in [-0.15, -0.1) is 4.98 Å². The van der Waals surface area contributed by atoms with Crippen LogP contribution in [0.5, 0.6) is 0 Å². The number of hydrogen-bond donors (Lipinski definition) is 0. The number of nitrogens with zero attached hydrogens (tertiary/aromatic N) is 6. The Morgan fingerprint density at radius 3 is 2.31 bits per heavy atom. The van der Waals surface area contributed by atoms with Crippen molar-refractivity contribution in [1.82, 2.24) is 19.4 Å². The number of aromatic nitrogens is 3. The molecule has 3 heterocycles. The van der Waals surface area contributed by atoms with E-state index in [1.165, 1.54) is 4.57 Å². The second kappa shape index (κ2) is 9.90. The number of pyridine rings is 1. The summed E-state index contributed by atoms with van der Waals surface area (Å²) in [7, 11) is 1.64. The Morgan fingerprint density at radius 1 is 1.06 bits per heavy atom. The molecule has 3 aromatic rings. The van der Waals surface area contributed by atoms with Crippen LogP contribution < -0.4 is 10.6 Å². The first-order chi connectivity index (χ1) is 17.1. The lowest BCUT2D eigenvalue weighted by Gasteiger charge is -2.49. The van der Waals surface area contributed by atoms with Crippen molar-refractivity contribution in [3.05, 3.63) is 69.4 Å². The van der Waals surface area contributed by atoms with Crippen LogP contribution in [0.3, 0.4) is 0 Å². The maximum absolute atomic E-state index is 13.0. The van der Waals surface area contributed by atoms with Crippen LogP contribution in [0.1, 0.15) is 50.8 Å². The summed E-state index contributed by atoms with van der Waals surface area (Å²) in [6.07, 6.45) is -2.79. The van der Waals surface area contributed by atoms with Gasteiger partial charge >= 0.3 is 11.9 Å². The van der Waals surface area contributed by atoms with Crippen LogP contribution in [-0.4, -0.2) is 44.6 Å². The Kier molecular flexibility index (Phi) is 7.05. The normalized spacial score (nSPS) is 19.9. The van der Waals surface area contributed by atoms with E-state index in [0.717, 1.165) is 30.5 Å². The Labute approximate surface area is 208 Å². The van der Waals surface area contributed by atoms with Crippen molar-refractivity contribution in [3.8, 4) is 0 Å². The number of piperazine rings is 1. The molecule has 10 heteroatoms. The summed E-state index contributed by atoms with van der Waals surface area (Å²) in [5.41, 5.74) is 0.907. The molecule has 0 N–H and O–H groups in total. The summed E-state index contributed by atoms with van der Waals surface area (Å²) in [5, 5.41) is 0. The fourth-order valence-corrected chi connectivity index (χ4v) is 5.02. The fraction of sp³-hybridized carbons (Fsp3) is 0.462. The standard InChI is InChI=1S/C26H29F3N6O/c1-6-19-15-35(24-23-21(33(5)25(36)32-24)12-13-22(30-4)31-23)20(7-2)14-34(19)16(3)17-8-10-18(11-9-17)26(27,28)29/h8-13,16,19-20H,6-7,14-15H2,1-3,5H3/t16?,19-,20+/m1/s1. The Balaban J connectivity index is 1.70. The van der Waals surface area contributed by atoms with Gasteiger partial charge in [0.25, 0.3) is 5.82 Å². The number of alkyl halides is 3. The lowest BCUT2D eigenvalue weighted by molar-refractivity contribution is -0.137. The summed E-state index contributed by atoms with van der Waals surface area (Å²) >= 11 is 0. The number of fused-ring (bicyclic) bond motifs is 1. The summed E-state index contributed by atoms with van der Waals surface area (Å²) in [4.78, 5) is 29.5. The average Bonchev–Trinajstić information content (AvgIpc) is 2.88. The van der Waals surface area contributed by atoms with Crippen molar-refractivity contribution in [2.45, 2.75) is 57.9 Å². The van der Waals surface area contributed by atoms with Crippen LogP contribution in [0.15, 0.2) is 41.2 Å². The SMILES string of the molecule is [C-]#[N+]c1ccc2c(n1)c(N1C[C@@H](CC)N(C(C)c3ccc(C(F)(F)F)cc3)C[C@@H]1CC)nc(=O)n2C. The molecule has 1 aliphatic rings. The van der Waals surface area contributed by atoms with Gasteiger partial charge in [0.05, 0.1) is 11.1 Å². The van der Waals surface area contributed by atoms with E-state index in [0.29, 0.717) is 29.9 Å². The highest BCUT2D eigenvalue weighted by Gasteiger charge is 2.37. The molecule has 0 spiro atoms. The summed E-state index contributed by atoms with van der Waals surface area (Å²) in [6.45, 7) is 14.7. The van der Waals surface area contributed by atoms with Gasteiger partial charge in [-0.2, -0.15) is 18.2 Å². The third-order valence-electron chi connectivity index (χ3n) is 7.21. The zero-order valence-electron chi connectivity index (χ0n) is 20.8. The largest absolute Gasteiger partial charge is 0.416 e. The number of hydrogen-bond acceptors (Lipinski definition) is 5. The van der Waals surface area contributed by atoms with Crippen LogP contribution in [0.4, 0.5) is 24.8 Å². The minimum absolute atomic E-state index is 0.00546. The first-order valence-electron chi connectivity index (χ1n) is 12.0. The van der Waals surface area contributed by atoms with E-state index < -0.39 is 17.4 Å². The first kappa shape index (κ1) is 25.6. The molecule has 0 aliphatic carbocycles. The lowest BCUT2D eigenvalue weighted by atomic mass is 9.96. The molecule has 0 amide bonds. The van der Waals surface area contributed by atoms with Crippen molar-refractivity contribution in [2.24, 2.45) is 7.05 Å². The molecular formula is C26H29F3N6O. The van der Waals surface area contributed by atoms with Gasteiger partial charge in [0.1, 0.15) is 0 Å². The van der Waals surface area contributed by atoms with Crippen molar-refractivity contribution in [1.29, 1.82) is 0 Å². The Morgan fingerprint density at radius 2 is 1.72 bits per heavy atom. The van der Waals surface area contributed by atoms with Crippen molar-refractivity contribution >= 4 is 22.7 Å². The van der Waals surface area contributed by atoms with Crippen LogP contribution in [0, 0.1) is 6.57 Å². The molecule has 190 valence electrons. The van der Waals surface area contributed by atoms with Gasteiger partial charge in [-0.1, -0.05) is 32.6 Å². The molecule has 1 saturated heterocycles. The predicted octanol–water partition coefficient (Wildman–Crippen LogP) is 5.34. The molecule has 0 saturated carbocycles. The summed E-state index contributed by atoms with van der Waals surface area (Å²) in [5.74, 6) is 0.713. The van der Waals surface area contributed by atoms with Gasteiger partial charge in [0.2, 0.25) is 5.52 Å². The van der Waals surface area contributed by atoms with Crippen LogP contribution in [0.25, 0.3) is 15.9 Å². The summed E-state index contributed by atoms with van der Waals surface area (Å²) in [6, 6.07) is 8.69. The minimum Gasteiger partial charge on any atom is -0.361 e. The zero-order chi connectivity index (χ0) is 26.2. The van der Waals surface area contributed by atoms with Gasteiger partial charge in [0, 0.05) is 38.3 Å². The molecule has 3 atom stereocenters. The molecule has 1 aromatic carbocycles. The molecule has 7 nitrogen and oxygen atoms in total. The van der Waals surface area contributed by atoms with Crippen LogP contribution >= 0.6 is 0 Å².